The Balaban J connectivity index is 1.45. The minimum atomic E-state index is -0.103. The number of aromatic amines is 2. The topological polar surface area (TPSA) is 77.7 Å². The number of nitrogens with one attached hydrogen (secondary N) is 2. The standard InChI is InChI=1S/C17H19N5OS/c1-10-3-6-16(24-10)14-8-15(21-20-14)17(23)22(2)9-12-7-13(19-18-12)11-4-5-11/h3,6-8,11H,4-5,9H2,1-2H3,(H,18,19)(H,20,21). The Morgan fingerprint density at radius 3 is 2.83 bits per heavy atom. The van der Waals surface area contributed by atoms with E-state index >= 15 is 0 Å². The maximum atomic E-state index is 12.6. The van der Waals surface area contributed by atoms with Crippen molar-refractivity contribution >= 4 is 17.2 Å². The number of H-pyrrole nitrogens is 2. The van der Waals surface area contributed by atoms with E-state index in [4.69, 9.17) is 0 Å². The van der Waals surface area contributed by atoms with E-state index in [1.54, 1.807) is 23.3 Å². The first-order chi connectivity index (χ1) is 11.6. The predicted octanol–water partition coefficient (Wildman–Crippen LogP) is 3.32. The second kappa shape index (κ2) is 5.90. The van der Waals surface area contributed by atoms with Crippen LogP contribution in [0.4, 0.5) is 0 Å². The number of carbonyl (C=O) groups is 1. The number of hydrogen-bond donors (Lipinski definition) is 2. The van der Waals surface area contributed by atoms with Gasteiger partial charge in [-0.3, -0.25) is 15.0 Å². The summed E-state index contributed by atoms with van der Waals surface area (Å²) in [5, 5.41) is 14.5. The van der Waals surface area contributed by atoms with Crippen LogP contribution in [0.1, 0.15) is 45.5 Å². The van der Waals surface area contributed by atoms with Gasteiger partial charge >= 0.3 is 0 Å². The van der Waals surface area contributed by atoms with Crippen molar-refractivity contribution in [3.05, 3.63) is 46.2 Å². The number of aryl methyl sites for hydroxylation is 1. The fourth-order valence-electron chi connectivity index (χ4n) is 2.71. The van der Waals surface area contributed by atoms with Crippen LogP contribution in [0.25, 0.3) is 10.6 Å². The van der Waals surface area contributed by atoms with E-state index in [2.05, 4.69) is 39.5 Å². The summed E-state index contributed by atoms with van der Waals surface area (Å²) in [4.78, 5) is 16.5. The smallest absolute Gasteiger partial charge is 0.274 e. The highest BCUT2D eigenvalue weighted by Crippen LogP contribution is 2.39. The van der Waals surface area contributed by atoms with Gasteiger partial charge < -0.3 is 4.90 Å². The molecule has 1 aliphatic carbocycles. The summed E-state index contributed by atoms with van der Waals surface area (Å²) in [6, 6.07) is 7.97. The van der Waals surface area contributed by atoms with Crippen molar-refractivity contribution in [3.63, 3.8) is 0 Å². The summed E-state index contributed by atoms with van der Waals surface area (Å²) in [5.74, 6) is 0.507. The van der Waals surface area contributed by atoms with E-state index in [0.29, 0.717) is 18.2 Å². The second-order valence-corrected chi connectivity index (χ2v) is 7.62. The van der Waals surface area contributed by atoms with Crippen LogP contribution in [0.15, 0.2) is 24.3 Å². The third kappa shape index (κ3) is 2.99. The molecule has 0 unspecified atom stereocenters. The molecule has 2 N–H and O–H groups in total. The van der Waals surface area contributed by atoms with Crippen molar-refractivity contribution in [1.82, 2.24) is 25.3 Å². The van der Waals surface area contributed by atoms with Gasteiger partial charge in [0.05, 0.1) is 28.5 Å². The number of hydrogen-bond acceptors (Lipinski definition) is 4. The molecule has 6 nitrogen and oxygen atoms in total. The Morgan fingerprint density at radius 2 is 2.12 bits per heavy atom. The van der Waals surface area contributed by atoms with Gasteiger partial charge in [0.1, 0.15) is 0 Å². The molecule has 0 radical (unpaired) electrons. The highest BCUT2D eigenvalue weighted by Gasteiger charge is 2.26. The molecule has 0 saturated heterocycles. The van der Waals surface area contributed by atoms with Gasteiger partial charge in [-0.25, -0.2) is 0 Å². The van der Waals surface area contributed by atoms with E-state index < -0.39 is 0 Å². The maximum Gasteiger partial charge on any atom is 0.274 e. The minimum Gasteiger partial charge on any atom is -0.334 e. The largest absolute Gasteiger partial charge is 0.334 e. The molecule has 1 amide bonds. The molecular weight excluding hydrogens is 322 g/mol. The van der Waals surface area contributed by atoms with Crippen molar-refractivity contribution in [1.29, 1.82) is 0 Å². The molecule has 0 atom stereocenters. The van der Waals surface area contributed by atoms with Crippen molar-refractivity contribution in [2.45, 2.75) is 32.2 Å². The number of amides is 1. The van der Waals surface area contributed by atoms with Gasteiger partial charge in [-0.1, -0.05) is 0 Å². The Morgan fingerprint density at radius 1 is 1.29 bits per heavy atom. The number of nitrogens with zero attached hydrogens (tertiary/aromatic N) is 3. The van der Waals surface area contributed by atoms with Crippen molar-refractivity contribution in [3.8, 4) is 10.6 Å². The molecule has 0 aromatic carbocycles. The molecule has 7 heteroatoms. The second-order valence-electron chi connectivity index (χ2n) is 6.33. The zero-order valence-corrected chi connectivity index (χ0v) is 14.5. The van der Waals surface area contributed by atoms with E-state index in [1.165, 1.54) is 17.7 Å². The first-order valence-corrected chi connectivity index (χ1v) is 8.83. The summed E-state index contributed by atoms with van der Waals surface area (Å²) >= 11 is 1.68. The highest BCUT2D eigenvalue weighted by molar-refractivity contribution is 7.15. The lowest BCUT2D eigenvalue weighted by molar-refractivity contribution is 0.0777. The van der Waals surface area contributed by atoms with Crippen LogP contribution in [-0.2, 0) is 6.54 Å². The molecule has 3 aromatic heterocycles. The molecule has 124 valence electrons. The molecule has 0 bridgehead atoms. The average molecular weight is 341 g/mol. The molecule has 3 heterocycles. The van der Waals surface area contributed by atoms with E-state index in [0.717, 1.165) is 22.0 Å². The van der Waals surface area contributed by atoms with E-state index in [-0.39, 0.29) is 5.91 Å². The summed E-state index contributed by atoms with van der Waals surface area (Å²) in [5.41, 5.74) is 3.38. The van der Waals surface area contributed by atoms with Gasteiger partial charge in [-0.15, -0.1) is 11.3 Å². The van der Waals surface area contributed by atoms with Gasteiger partial charge in [0.25, 0.3) is 5.91 Å². The molecular formula is C17H19N5OS. The molecule has 24 heavy (non-hydrogen) atoms. The van der Waals surface area contributed by atoms with Crippen molar-refractivity contribution in [2.24, 2.45) is 0 Å². The Hall–Kier alpha value is -2.41. The lowest BCUT2D eigenvalue weighted by atomic mass is 10.2. The van der Waals surface area contributed by atoms with Gasteiger partial charge in [0, 0.05) is 17.8 Å². The van der Waals surface area contributed by atoms with Gasteiger partial charge in [-0.2, -0.15) is 10.2 Å². The molecule has 1 saturated carbocycles. The Kier molecular flexibility index (Phi) is 3.72. The van der Waals surface area contributed by atoms with Crippen LogP contribution in [0.2, 0.25) is 0 Å². The van der Waals surface area contributed by atoms with E-state index in [9.17, 15) is 4.79 Å². The van der Waals surface area contributed by atoms with Gasteiger partial charge in [0.2, 0.25) is 0 Å². The first-order valence-electron chi connectivity index (χ1n) is 8.02. The summed E-state index contributed by atoms with van der Waals surface area (Å²) in [6.45, 7) is 2.56. The molecule has 1 aliphatic rings. The first kappa shape index (κ1) is 15.1. The monoisotopic (exact) mass is 341 g/mol. The van der Waals surface area contributed by atoms with Crippen LogP contribution in [0.5, 0.6) is 0 Å². The maximum absolute atomic E-state index is 12.6. The molecule has 1 fully saturated rings. The van der Waals surface area contributed by atoms with E-state index in [1.807, 2.05) is 12.1 Å². The fourth-order valence-corrected chi connectivity index (χ4v) is 3.54. The van der Waals surface area contributed by atoms with Crippen LogP contribution in [0.3, 0.4) is 0 Å². The van der Waals surface area contributed by atoms with Crippen LogP contribution in [-0.4, -0.2) is 38.2 Å². The third-order valence-corrected chi connectivity index (χ3v) is 5.24. The zero-order valence-electron chi connectivity index (χ0n) is 13.7. The molecule has 0 spiro atoms. The van der Waals surface area contributed by atoms with Gasteiger partial charge in [-0.05, 0) is 44.0 Å². The number of aromatic nitrogens is 4. The highest BCUT2D eigenvalue weighted by atomic mass is 32.1. The summed E-state index contributed by atoms with van der Waals surface area (Å²) in [7, 11) is 1.78. The SMILES string of the molecule is Cc1ccc(-c2cc(C(=O)N(C)Cc3cc(C4CC4)n[nH]3)n[nH]2)s1. The molecule has 4 rings (SSSR count). The fraction of sp³-hybridized carbons (Fsp3) is 0.353. The number of rotatable bonds is 5. The number of thiophene rings is 1. The van der Waals surface area contributed by atoms with Gasteiger partial charge in [0.15, 0.2) is 5.69 Å². The number of carbonyl (C=O) groups excluding carboxylic acids is 1. The van der Waals surface area contributed by atoms with Crippen molar-refractivity contribution in [2.75, 3.05) is 7.05 Å². The molecule has 0 aliphatic heterocycles. The zero-order chi connectivity index (χ0) is 16.7. The summed E-state index contributed by atoms with van der Waals surface area (Å²) in [6.07, 6.45) is 2.44. The molecule has 3 aromatic rings. The van der Waals surface area contributed by atoms with Crippen molar-refractivity contribution < 1.29 is 4.79 Å². The summed E-state index contributed by atoms with van der Waals surface area (Å²) < 4.78 is 0. The Bertz CT molecular complexity index is 873. The normalized spacial score (nSPS) is 14.1. The Labute approximate surface area is 143 Å². The predicted molar refractivity (Wildman–Crippen MR) is 93.0 cm³/mol. The minimum absolute atomic E-state index is 0.103. The lowest BCUT2D eigenvalue weighted by Crippen LogP contribution is -2.26. The van der Waals surface area contributed by atoms with Crippen LogP contribution in [0, 0.1) is 6.92 Å². The van der Waals surface area contributed by atoms with Crippen LogP contribution >= 0.6 is 11.3 Å². The lowest BCUT2D eigenvalue weighted by Gasteiger charge is -2.14. The van der Waals surface area contributed by atoms with Crippen LogP contribution < -0.4 is 0 Å². The average Bonchev–Trinajstić information content (AvgIpc) is 2.98. The third-order valence-electron chi connectivity index (χ3n) is 4.20. The quantitative estimate of drug-likeness (QED) is 0.747.